The van der Waals surface area contributed by atoms with Crippen molar-refractivity contribution in [3.63, 3.8) is 0 Å². The summed E-state index contributed by atoms with van der Waals surface area (Å²) in [5, 5.41) is 1.78. The minimum absolute atomic E-state index is 0.0360. The van der Waals surface area contributed by atoms with Crippen LogP contribution in [0.5, 0.6) is 0 Å². The van der Waals surface area contributed by atoms with Gasteiger partial charge in [-0.15, -0.1) is 0 Å². The lowest BCUT2D eigenvalue weighted by Gasteiger charge is -2.23. The van der Waals surface area contributed by atoms with Gasteiger partial charge in [0.2, 0.25) is 0 Å². The van der Waals surface area contributed by atoms with Gasteiger partial charge in [0.1, 0.15) is 5.82 Å². The molecule has 0 atom stereocenters. The highest BCUT2D eigenvalue weighted by molar-refractivity contribution is 9.10. The molecule has 0 aromatic heterocycles. The van der Waals surface area contributed by atoms with E-state index in [0.717, 1.165) is 15.1 Å². The summed E-state index contributed by atoms with van der Waals surface area (Å²) in [6.45, 7) is 1.81. The molecule has 0 N–H and O–H groups in total. The third-order valence-electron chi connectivity index (χ3n) is 3.77. The molecule has 0 aliphatic rings. The first-order valence-corrected chi connectivity index (χ1v) is 9.63. The van der Waals surface area contributed by atoms with Crippen molar-refractivity contribution in [3.05, 3.63) is 71.0 Å². The molecule has 3 aromatic carbocycles. The van der Waals surface area contributed by atoms with E-state index in [0.29, 0.717) is 4.47 Å². The van der Waals surface area contributed by atoms with Crippen LogP contribution in [0.1, 0.15) is 6.92 Å². The standard InChI is InChI=1S/C18H15BrFNO2S/c1-2-21(18-10-8-15(19)12-17(18)20)24(22,23)16-9-7-13-5-3-4-6-14(13)11-16/h3-12H,2H2,1H3. The molecule has 0 unspecified atom stereocenters. The lowest BCUT2D eigenvalue weighted by Crippen LogP contribution is -2.31. The maximum absolute atomic E-state index is 14.3. The molecule has 0 amide bonds. The van der Waals surface area contributed by atoms with E-state index in [9.17, 15) is 12.8 Å². The van der Waals surface area contributed by atoms with Crippen molar-refractivity contribution in [1.82, 2.24) is 0 Å². The summed E-state index contributed by atoms with van der Waals surface area (Å²) in [6, 6.07) is 16.8. The number of benzene rings is 3. The van der Waals surface area contributed by atoms with Gasteiger partial charge in [0.15, 0.2) is 0 Å². The number of anilines is 1. The fraction of sp³-hybridized carbons (Fsp3) is 0.111. The highest BCUT2D eigenvalue weighted by Crippen LogP contribution is 2.29. The van der Waals surface area contributed by atoms with Gasteiger partial charge in [0.05, 0.1) is 10.6 Å². The van der Waals surface area contributed by atoms with Gasteiger partial charge in [-0.1, -0.05) is 46.3 Å². The highest BCUT2D eigenvalue weighted by atomic mass is 79.9. The molecule has 3 rings (SSSR count). The summed E-state index contributed by atoms with van der Waals surface area (Å²) in [5.41, 5.74) is 0.0360. The number of hydrogen-bond donors (Lipinski definition) is 0. The van der Waals surface area contributed by atoms with Crippen LogP contribution < -0.4 is 4.31 Å². The zero-order chi connectivity index (χ0) is 17.3. The molecule has 0 saturated heterocycles. The Morgan fingerprint density at radius 1 is 1.00 bits per heavy atom. The molecular weight excluding hydrogens is 393 g/mol. The van der Waals surface area contributed by atoms with Crippen LogP contribution in [0.4, 0.5) is 10.1 Å². The smallest absolute Gasteiger partial charge is 0.264 e. The van der Waals surface area contributed by atoms with Gasteiger partial charge in [-0.05, 0) is 48.0 Å². The molecule has 124 valence electrons. The normalized spacial score (nSPS) is 11.6. The molecule has 24 heavy (non-hydrogen) atoms. The molecule has 0 radical (unpaired) electrons. The molecule has 0 heterocycles. The van der Waals surface area contributed by atoms with E-state index in [1.807, 2.05) is 24.3 Å². The Kier molecular flexibility index (Phi) is 4.60. The van der Waals surface area contributed by atoms with E-state index in [1.54, 1.807) is 31.2 Å². The molecule has 0 aliphatic heterocycles. The first kappa shape index (κ1) is 16.9. The SMILES string of the molecule is CCN(c1ccc(Br)cc1F)S(=O)(=O)c1ccc2ccccc2c1. The Hall–Kier alpha value is -1.92. The molecule has 3 aromatic rings. The van der Waals surface area contributed by atoms with E-state index in [4.69, 9.17) is 0 Å². The van der Waals surface area contributed by atoms with Gasteiger partial charge in [-0.2, -0.15) is 0 Å². The van der Waals surface area contributed by atoms with Crippen LogP contribution in [0.3, 0.4) is 0 Å². The summed E-state index contributed by atoms with van der Waals surface area (Å²) in [4.78, 5) is 0.144. The summed E-state index contributed by atoms with van der Waals surface area (Å²) in [5.74, 6) is -0.587. The Bertz CT molecular complexity index is 1000. The zero-order valence-electron chi connectivity index (χ0n) is 12.9. The molecule has 3 nitrogen and oxygen atoms in total. The van der Waals surface area contributed by atoms with Crippen molar-refractivity contribution >= 4 is 42.4 Å². The highest BCUT2D eigenvalue weighted by Gasteiger charge is 2.26. The number of fused-ring (bicyclic) bond motifs is 1. The number of rotatable bonds is 4. The molecule has 0 fully saturated rings. The predicted molar refractivity (Wildman–Crippen MR) is 98.3 cm³/mol. The van der Waals surface area contributed by atoms with Gasteiger partial charge in [-0.25, -0.2) is 12.8 Å². The van der Waals surface area contributed by atoms with Crippen LogP contribution in [0.15, 0.2) is 70.0 Å². The Labute approximate surface area is 148 Å². The van der Waals surface area contributed by atoms with Crippen LogP contribution in [-0.4, -0.2) is 15.0 Å². The van der Waals surface area contributed by atoms with Crippen LogP contribution in [-0.2, 0) is 10.0 Å². The molecular formula is C18H15BrFNO2S. The van der Waals surface area contributed by atoms with Gasteiger partial charge < -0.3 is 0 Å². The van der Waals surface area contributed by atoms with Crippen LogP contribution >= 0.6 is 15.9 Å². The Morgan fingerprint density at radius 3 is 2.38 bits per heavy atom. The van der Waals surface area contributed by atoms with Crippen molar-refractivity contribution in [2.24, 2.45) is 0 Å². The van der Waals surface area contributed by atoms with Gasteiger partial charge in [0.25, 0.3) is 10.0 Å². The maximum Gasteiger partial charge on any atom is 0.264 e. The number of sulfonamides is 1. The van der Waals surface area contributed by atoms with E-state index >= 15 is 0 Å². The topological polar surface area (TPSA) is 37.4 Å². The van der Waals surface area contributed by atoms with Crippen LogP contribution in [0, 0.1) is 5.82 Å². The largest absolute Gasteiger partial charge is 0.264 e. The van der Waals surface area contributed by atoms with Crippen molar-refractivity contribution in [3.8, 4) is 0 Å². The van der Waals surface area contributed by atoms with E-state index in [2.05, 4.69) is 15.9 Å². The molecule has 0 bridgehead atoms. The molecule has 0 saturated carbocycles. The Balaban J connectivity index is 2.12. The number of halogens is 2. The number of hydrogen-bond acceptors (Lipinski definition) is 2. The third-order valence-corrected chi connectivity index (χ3v) is 6.15. The van der Waals surface area contributed by atoms with Crippen LogP contribution in [0.25, 0.3) is 10.8 Å². The third kappa shape index (κ3) is 3.03. The van der Waals surface area contributed by atoms with E-state index < -0.39 is 15.8 Å². The molecule has 0 spiro atoms. The minimum atomic E-state index is -3.85. The monoisotopic (exact) mass is 407 g/mol. The van der Waals surface area contributed by atoms with Gasteiger partial charge >= 0.3 is 0 Å². The molecule has 6 heteroatoms. The quantitative estimate of drug-likeness (QED) is 0.612. The summed E-state index contributed by atoms with van der Waals surface area (Å²) in [6.07, 6.45) is 0. The lowest BCUT2D eigenvalue weighted by atomic mass is 10.1. The average Bonchev–Trinajstić information content (AvgIpc) is 2.57. The van der Waals surface area contributed by atoms with E-state index in [1.165, 1.54) is 12.1 Å². The fourth-order valence-electron chi connectivity index (χ4n) is 2.61. The van der Waals surface area contributed by atoms with Crippen molar-refractivity contribution < 1.29 is 12.8 Å². The summed E-state index contributed by atoms with van der Waals surface area (Å²) in [7, 11) is -3.85. The zero-order valence-corrected chi connectivity index (χ0v) is 15.3. The molecule has 0 aliphatic carbocycles. The number of nitrogens with zero attached hydrogens (tertiary/aromatic N) is 1. The second-order valence-corrected chi connectivity index (χ2v) is 8.05. The van der Waals surface area contributed by atoms with Crippen molar-refractivity contribution in [2.75, 3.05) is 10.8 Å². The fourth-order valence-corrected chi connectivity index (χ4v) is 4.46. The first-order chi connectivity index (χ1) is 11.4. The van der Waals surface area contributed by atoms with Gasteiger partial charge in [-0.3, -0.25) is 4.31 Å². The van der Waals surface area contributed by atoms with Crippen LogP contribution in [0.2, 0.25) is 0 Å². The predicted octanol–water partition coefficient (Wildman–Crippen LogP) is 4.96. The Morgan fingerprint density at radius 2 is 1.71 bits per heavy atom. The van der Waals surface area contributed by atoms with Gasteiger partial charge in [0, 0.05) is 11.0 Å². The van der Waals surface area contributed by atoms with E-state index in [-0.39, 0.29) is 17.1 Å². The lowest BCUT2D eigenvalue weighted by molar-refractivity contribution is 0.586. The van der Waals surface area contributed by atoms with Crippen molar-refractivity contribution in [2.45, 2.75) is 11.8 Å². The minimum Gasteiger partial charge on any atom is -0.264 e. The maximum atomic E-state index is 14.3. The average molecular weight is 408 g/mol. The second-order valence-electron chi connectivity index (χ2n) is 5.27. The van der Waals surface area contributed by atoms with Crippen molar-refractivity contribution in [1.29, 1.82) is 0 Å². The summed E-state index contributed by atoms with van der Waals surface area (Å²) >= 11 is 3.18. The summed E-state index contributed by atoms with van der Waals surface area (Å²) < 4.78 is 41.9. The first-order valence-electron chi connectivity index (χ1n) is 7.40. The second kappa shape index (κ2) is 6.53.